The molecular weight excluding hydrogens is 368 g/mol. The van der Waals surface area contributed by atoms with Crippen LogP contribution >= 0.6 is 11.6 Å². The molecule has 2 rings (SSSR count). The smallest absolute Gasteiger partial charge is 0.306 e. The molecule has 0 aliphatic rings. The molecule has 0 unspecified atom stereocenters. The molecule has 6 nitrogen and oxygen atoms in total. The minimum Gasteiger partial charge on any atom is -0.456 e. The Morgan fingerprint density at radius 2 is 1.67 bits per heavy atom. The van der Waals surface area contributed by atoms with Gasteiger partial charge in [-0.1, -0.05) is 23.7 Å². The lowest BCUT2D eigenvalue weighted by atomic mass is 10.1. The number of ether oxygens (including phenoxy) is 1. The number of esters is 1. The molecule has 1 N–H and O–H groups in total. The van der Waals surface area contributed by atoms with Gasteiger partial charge in [0.05, 0.1) is 18.9 Å². The van der Waals surface area contributed by atoms with Crippen LogP contribution in [0.15, 0.2) is 48.5 Å². The van der Waals surface area contributed by atoms with Gasteiger partial charge in [0.15, 0.2) is 12.4 Å². The first-order chi connectivity index (χ1) is 13.0. The molecule has 0 aromatic heterocycles. The van der Waals surface area contributed by atoms with Crippen molar-refractivity contribution in [1.82, 2.24) is 0 Å². The van der Waals surface area contributed by atoms with Crippen molar-refractivity contribution in [2.75, 3.05) is 11.9 Å². The van der Waals surface area contributed by atoms with Gasteiger partial charge in [0.2, 0.25) is 0 Å². The lowest BCUT2D eigenvalue weighted by molar-refractivity contribution is -0.147. The Labute approximate surface area is 161 Å². The fraction of sp³-hybridized carbons (Fsp3) is 0.200. The fourth-order valence-electron chi connectivity index (χ4n) is 2.21. The summed E-state index contributed by atoms with van der Waals surface area (Å²) in [7, 11) is 0. The van der Waals surface area contributed by atoms with E-state index in [4.69, 9.17) is 21.6 Å². The monoisotopic (exact) mass is 384 g/mol. The van der Waals surface area contributed by atoms with E-state index in [2.05, 4.69) is 5.32 Å². The number of nitrogens with zero attached hydrogens (tertiary/aromatic N) is 1. The molecule has 0 saturated heterocycles. The number of benzene rings is 2. The number of halogens is 1. The van der Waals surface area contributed by atoms with Crippen molar-refractivity contribution in [2.24, 2.45) is 0 Å². The normalized spacial score (nSPS) is 9.93. The van der Waals surface area contributed by atoms with Crippen LogP contribution in [0.2, 0.25) is 5.02 Å². The van der Waals surface area contributed by atoms with Crippen LogP contribution in [0.5, 0.6) is 0 Å². The maximum absolute atomic E-state index is 12.0. The van der Waals surface area contributed by atoms with Crippen LogP contribution in [0.25, 0.3) is 0 Å². The first kappa shape index (κ1) is 20.1. The number of amides is 1. The van der Waals surface area contributed by atoms with E-state index in [1.807, 2.05) is 6.07 Å². The highest BCUT2D eigenvalue weighted by molar-refractivity contribution is 6.30. The molecule has 1 amide bonds. The van der Waals surface area contributed by atoms with Crippen LogP contribution in [0.4, 0.5) is 5.69 Å². The Kier molecular flexibility index (Phi) is 7.53. The molecule has 0 saturated carbocycles. The summed E-state index contributed by atoms with van der Waals surface area (Å²) in [5.74, 6) is -1.32. The van der Waals surface area contributed by atoms with Gasteiger partial charge in [-0.15, -0.1) is 0 Å². The van der Waals surface area contributed by atoms with E-state index >= 15 is 0 Å². The summed E-state index contributed by atoms with van der Waals surface area (Å²) < 4.78 is 4.88. The topological polar surface area (TPSA) is 96.3 Å². The number of Topliss-reactive ketones (excluding diaryl/α,β-unsaturated/α-hetero) is 1. The van der Waals surface area contributed by atoms with Gasteiger partial charge in [-0.05, 0) is 42.0 Å². The first-order valence-corrected chi connectivity index (χ1v) is 8.56. The lowest BCUT2D eigenvalue weighted by Gasteiger charge is -2.07. The zero-order valence-corrected chi connectivity index (χ0v) is 15.2. The standard InChI is InChI=1S/C20H17ClN2O4/c21-16-5-3-15(4-6-16)18(24)9-10-20(26)27-13-19(25)23-17-7-1-14(2-8-17)11-12-22/h1-8H,9-11,13H2,(H,23,25). The number of anilines is 1. The Morgan fingerprint density at radius 1 is 1.00 bits per heavy atom. The number of nitrogens with one attached hydrogen (secondary N) is 1. The molecule has 0 spiro atoms. The van der Waals surface area contributed by atoms with E-state index in [1.165, 1.54) is 0 Å². The van der Waals surface area contributed by atoms with Gasteiger partial charge in [-0.2, -0.15) is 5.26 Å². The number of hydrogen-bond acceptors (Lipinski definition) is 5. The quantitative estimate of drug-likeness (QED) is 0.554. The Morgan fingerprint density at radius 3 is 2.30 bits per heavy atom. The van der Waals surface area contributed by atoms with E-state index in [1.54, 1.807) is 48.5 Å². The predicted molar refractivity (Wildman–Crippen MR) is 100 cm³/mol. The minimum atomic E-state index is -0.628. The fourth-order valence-corrected chi connectivity index (χ4v) is 2.33. The zero-order valence-electron chi connectivity index (χ0n) is 14.4. The maximum Gasteiger partial charge on any atom is 0.306 e. The zero-order chi connectivity index (χ0) is 19.6. The minimum absolute atomic E-state index is 0.0115. The average Bonchev–Trinajstić information content (AvgIpc) is 2.67. The summed E-state index contributed by atoms with van der Waals surface area (Å²) in [5, 5.41) is 11.7. The molecule has 0 aliphatic carbocycles. The van der Waals surface area contributed by atoms with Crippen molar-refractivity contribution in [3.05, 3.63) is 64.7 Å². The highest BCUT2D eigenvalue weighted by Gasteiger charge is 2.12. The van der Waals surface area contributed by atoms with Gasteiger partial charge in [-0.3, -0.25) is 14.4 Å². The van der Waals surface area contributed by atoms with Crippen molar-refractivity contribution >= 4 is 34.9 Å². The van der Waals surface area contributed by atoms with Crippen LogP contribution in [0.3, 0.4) is 0 Å². The molecule has 0 atom stereocenters. The van der Waals surface area contributed by atoms with Crippen LogP contribution in [0, 0.1) is 11.3 Å². The molecule has 0 fully saturated rings. The van der Waals surface area contributed by atoms with Crippen LogP contribution in [0.1, 0.15) is 28.8 Å². The molecule has 0 heterocycles. The van der Waals surface area contributed by atoms with Gasteiger partial charge in [0.25, 0.3) is 5.91 Å². The summed E-state index contributed by atoms with van der Waals surface area (Å²) >= 11 is 5.76. The van der Waals surface area contributed by atoms with Crippen molar-refractivity contribution in [3.63, 3.8) is 0 Å². The van der Waals surface area contributed by atoms with Crippen molar-refractivity contribution in [3.8, 4) is 6.07 Å². The Hall–Kier alpha value is -3.17. The summed E-state index contributed by atoms with van der Waals surface area (Å²) in [4.78, 5) is 35.5. The second-order valence-electron chi connectivity index (χ2n) is 5.67. The van der Waals surface area contributed by atoms with Gasteiger partial charge >= 0.3 is 5.97 Å². The third kappa shape index (κ3) is 6.92. The number of nitriles is 1. The molecule has 27 heavy (non-hydrogen) atoms. The second kappa shape index (κ2) is 10.1. The van der Waals surface area contributed by atoms with Gasteiger partial charge in [0.1, 0.15) is 0 Å². The van der Waals surface area contributed by atoms with Crippen LogP contribution in [-0.2, 0) is 20.7 Å². The van der Waals surface area contributed by atoms with Gasteiger partial charge in [-0.25, -0.2) is 0 Å². The highest BCUT2D eigenvalue weighted by atomic mass is 35.5. The SMILES string of the molecule is N#CCc1ccc(NC(=O)COC(=O)CCC(=O)c2ccc(Cl)cc2)cc1. The van der Waals surface area contributed by atoms with Gasteiger partial charge in [0, 0.05) is 22.7 Å². The Balaban J connectivity index is 1.71. The Bertz CT molecular complexity index is 855. The molecular formula is C20H17ClN2O4. The third-order valence-corrected chi connectivity index (χ3v) is 3.86. The summed E-state index contributed by atoms with van der Waals surface area (Å²) in [6, 6.07) is 15.2. The molecule has 2 aromatic carbocycles. The van der Waals surface area contributed by atoms with E-state index < -0.39 is 18.5 Å². The van der Waals surface area contributed by atoms with E-state index in [0.717, 1.165) is 5.56 Å². The molecule has 2 aromatic rings. The van der Waals surface area contributed by atoms with Crippen molar-refractivity contribution in [1.29, 1.82) is 5.26 Å². The molecule has 0 radical (unpaired) electrons. The largest absolute Gasteiger partial charge is 0.456 e. The lowest BCUT2D eigenvalue weighted by Crippen LogP contribution is -2.21. The number of carbonyl (C=O) groups is 3. The van der Waals surface area contributed by atoms with Crippen molar-refractivity contribution < 1.29 is 19.1 Å². The summed E-state index contributed by atoms with van der Waals surface area (Å²) in [6.07, 6.45) is 0.167. The molecule has 0 aliphatic heterocycles. The molecule has 138 valence electrons. The average molecular weight is 385 g/mol. The predicted octanol–water partition coefficient (Wildman–Crippen LogP) is 3.55. The maximum atomic E-state index is 12.0. The number of carbonyl (C=O) groups excluding carboxylic acids is 3. The number of ketones is 1. The summed E-state index contributed by atoms with van der Waals surface area (Å²) in [5.41, 5.74) is 1.84. The number of rotatable bonds is 8. The second-order valence-corrected chi connectivity index (χ2v) is 6.11. The van der Waals surface area contributed by atoms with E-state index in [9.17, 15) is 14.4 Å². The molecule has 0 bridgehead atoms. The van der Waals surface area contributed by atoms with Crippen LogP contribution in [-0.4, -0.2) is 24.3 Å². The van der Waals surface area contributed by atoms with E-state index in [-0.39, 0.29) is 18.6 Å². The van der Waals surface area contributed by atoms with E-state index in [0.29, 0.717) is 22.7 Å². The van der Waals surface area contributed by atoms with Crippen molar-refractivity contribution in [2.45, 2.75) is 19.3 Å². The first-order valence-electron chi connectivity index (χ1n) is 8.18. The highest BCUT2D eigenvalue weighted by Crippen LogP contribution is 2.12. The summed E-state index contributed by atoms with van der Waals surface area (Å²) in [6.45, 7) is -0.437. The third-order valence-electron chi connectivity index (χ3n) is 3.61. The van der Waals surface area contributed by atoms with Gasteiger partial charge < -0.3 is 10.1 Å². The van der Waals surface area contributed by atoms with Crippen LogP contribution < -0.4 is 5.32 Å². The molecule has 7 heteroatoms. The number of hydrogen-bond donors (Lipinski definition) is 1.